The van der Waals surface area contributed by atoms with Crippen LogP contribution in [0.4, 0.5) is 11.8 Å². The molecule has 6 nitrogen and oxygen atoms in total. The molecule has 3 rings (SSSR count). The summed E-state index contributed by atoms with van der Waals surface area (Å²) in [6, 6.07) is 2.20. The smallest absolute Gasteiger partial charge is 0.224 e. The van der Waals surface area contributed by atoms with E-state index < -0.39 is 0 Å². The summed E-state index contributed by atoms with van der Waals surface area (Å²) in [4.78, 5) is 10.9. The second-order valence-electron chi connectivity index (χ2n) is 4.92. The standard InChI is InChI=1S/C12H19N5O/c13-9-7-17(8-9)11-3-4-14-12(16-11)15-6-10-2-1-5-18-10/h3-4,9-10H,1-2,5-8,13H2,(H,14,15,16)/t10-/m1/s1. The number of hydrogen-bond acceptors (Lipinski definition) is 6. The molecule has 3 heterocycles. The van der Waals surface area contributed by atoms with Gasteiger partial charge in [0, 0.05) is 38.5 Å². The van der Waals surface area contributed by atoms with E-state index in [1.807, 2.05) is 6.07 Å². The molecule has 0 bridgehead atoms. The molecule has 0 aromatic carbocycles. The van der Waals surface area contributed by atoms with E-state index in [-0.39, 0.29) is 6.04 Å². The monoisotopic (exact) mass is 249 g/mol. The highest BCUT2D eigenvalue weighted by Gasteiger charge is 2.24. The molecule has 0 radical (unpaired) electrons. The third-order valence-corrected chi connectivity index (χ3v) is 3.39. The summed E-state index contributed by atoms with van der Waals surface area (Å²) < 4.78 is 5.55. The van der Waals surface area contributed by atoms with Crippen molar-refractivity contribution >= 4 is 11.8 Å². The Kier molecular flexibility index (Phi) is 3.29. The summed E-state index contributed by atoms with van der Waals surface area (Å²) in [6.45, 7) is 3.41. The van der Waals surface area contributed by atoms with Gasteiger partial charge in [-0.05, 0) is 18.9 Å². The average Bonchev–Trinajstić information content (AvgIpc) is 2.86. The number of nitrogens with two attached hydrogens (primary N) is 1. The quantitative estimate of drug-likeness (QED) is 0.794. The highest BCUT2D eigenvalue weighted by molar-refractivity contribution is 5.45. The number of aromatic nitrogens is 2. The molecule has 1 aromatic rings. The third kappa shape index (κ3) is 2.54. The average molecular weight is 249 g/mol. The molecule has 0 unspecified atom stereocenters. The molecule has 0 spiro atoms. The Morgan fingerprint density at radius 2 is 2.39 bits per heavy atom. The Morgan fingerprint density at radius 3 is 3.11 bits per heavy atom. The van der Waals surface area contributed by atoms with Gasteiger partial charge in [-0.1, -0.05) is 0 Å². The Bertz CT molecular complexity index is 401. The molecule has 1 aromatic heterocycles. The van der Waals surface area contributed by atoms with Crippen molar-refractivity contribution in [2.75, 3.05) is 36.5 Å². The predicted octanol–water partition coefficient (Wildman–Crippen LogP) is 0.215. The van der Waals surface area contributed by atoms with Gasteiger partial charge in [0.2, 0.25) is 5.95 Å². The number of rotatable bonds is 4. The van der Waals surface area contributed by atoms with Crippen LogP contribution in [0.5, 0.6) is 0 Å². The minimum atomic E-state index is 0.281. The zero-order valence-electron chi connectivity index (χ0n) is 10.4. The van der Waals surface area contributed by atoms with E-state index in [4.69, 9.17) is 10.5 Å². The lowest BCUT2D eigenvalue weighted by Gasteiger charge is -2.37. The maximum Gasteiger partial charge on any atom is 0.224 e. The molecule has 0 amide bonds. The van der Waals surface area contributed by atoms with Crippen LogP contribution in [0.3, 0.4) is 0 Å². The second-order valence-corrected chi connectivity index (χ2v) is 4.92. The maximum atomic E-state index is 5.77. The van der Waals surface area contributed by atoms with Crippen molar-refractivity contribution in [1.82, 2.24) is 9.97 Å². The lowest BCUT2D eigenvalue weighted by atomic mass is 10.1. The lowest BCUT2D eigenvalue weighted by Crippen LogP contribution is -2.56. The summed E-state index contributed by atoms with van der Waals surface area (Å²) in [5, 5.41) is 3.24. The minimum absolute atomic E-state index is 0.281. The van der Waals surface area contributed by atoms with E-state index in [0.29, 0.717) is 12.1 Å². The molecule has 2 aliphatic heterocycles. The molecule has 2 fully saturated rings. The highest BCUT2D eigenvalue weighted by atomic mass is 16.5. The Labute approximate surface area is 107 Å². The first-order valence-electron chi connectivity index (χ1n) is 6.50. The lowest BCUT2D eigenvalue weighted by molar-refractivity contribution is 0.120. The van der Waals surface area contributed by atoms with Crippen molar-refractivity contribution < 1.29 is 4.74 Å². The first-order valence-corrected chi connectivity index (χ1v) is 6.50. The van der Waals surface area contributed by atoms with Crippen LogP contribution in [0, 0.1) is 0 Å². The summed E-state index contributed by atoms with van der Waals surface area (Å²) in [5.41, 5.74) is 5.77. The van der Waals surface area contributed by atoms with Crippen LogP contribution >= 0.6 is 0 Å². The molecule has 6 heteroatoms. The normalized spacial score (nSPS) is 24.1. The molecule has 1 atom stereocenters. The van der Waals surface area contributed by atoms with Gasteiger partial charge < -0.3 is 20.7 Å². The van der Waals surface area contributed by atoms with Gasteiger partial charge in [-0.2, -0.15) is 4.98 Å². The Morgan fingerprint density at radius 1 is 1.50 bits per heavy atom. The van der Waals surface area contributed by atoms with Gasteiger partial charge in [0.25, 0.3) is 0 Å². The van der Waals surface area contributed by atoms with Crippen LogP contribution in [-0.2, 0) is 4.74 Å². The summed E-state index contributed by atoms with van der Waals surface area (Å²) >= 11 is 0. The van der Waals surface area contributed by atoms with Crippen molar-refractivity contribution in [3.8, 4) is 0 Å². The zero-order valence-corrected chi connectivity index (χ0v) is 10.4. The van der Waals surface area contributed by atoms with E-state index in [2.05, 4.69) is 20.2 Å². The van der Waals surface area contributed by atoms with E-state index in [9.17, 15) is 0 Å². The molecule has 0 saturated carbocycles. The van der Waals surface area contributed by atoms with Gasteiger partial charge in [0.15, 0.2) is 0 Å². The van der Waals surface area contributed by atoms with Crippen molar-refractivity contribution in [1.29, 1.82) is 0 Å². The van der Waals surface area contributed by atoms with Crippen LogP contribution in [0.15, 0.2) is 12.3 Å². The molecule has 18 heavy (non-hydrogen) atoms. The molecular weight excluding hydrogens is 230 g/mol. The van der Waals surface area contributed by atoms with Gasteiger partial charge >= 0.3 is 0 Å². The first-order chi connectivity index (χ1) is 8.81. The fraction of sp³-hybridized carbons (Fsp3) is 0.667. The minimum Gasteiger partial charge on any atom is -0.376 e. The maximum absolute atomic E-state index is 5.77. The van der Waals surface area contributed by atoms with Crippen molar-refractivity contribution in [2.45, 2.75) is 25.0 Å². The van der Waals surface area contributed by atoms with Gasteiger partial charge in [0.05, 0.1) is 6.10 Å². The van der Waals surface area contributed by atoms with E-state index >= 15 is 0 Å². The fourth-order valence-electron chi connectivity index (χ4n) is 2.32. The fourth-order valence-corrected chi connectivity index (χ4v) is 2.32. The first kappa shape index (κ1) is 11.7. The zero-order chi connectivity index (χ0) is 12.4. The molecule has 2 saturated heterocycles. The number of nitrogens with one attached hydrogen (secondary N) is 1. The molecule has 2 aliphatic rings. The van der Waals surface area contributed by atoms with E-state index in [1.165, 1.54) is 0 Å². The molecule has 3 N–H and O–H groups in total. The van der Waals surface area contributed by atoms with Crippen LogP contribution in [-0.4, -0.2) is 48.4 Å². The third-order valence-electron chi connectivity index (χ3n) is 3.39. The summed E-state index contributed by atoms with van der Waals surface area (Å²) in [7, 11) is 0. The van der Waals surface area contributed by atoms with Crippen molar-refractivity contribution in [2.24, 2.45) is 5.73 Å². The summed E-state index contributed by atoms with van der Waals surface area (Å²) in [5.74, 6) is 1.62. The van der Waals surface area contributed by atoms with Gasteiger partial charge in [-0.3, -0.25) is 0 Å². The summed E-state index contributed by atoms with van der Waals surface area (Å²) in [6.07, 6.45) is 4.35. The van der Waals surface area contributed by atoms with Crippen LogP contribution in [0.1, 0.15) is 12.8 Å². The highest BCUT2D eigenvalue weighted by Crippen LogP contribution is 2.18. The predicted molar refractivity (Wildman–Crippen MR) is 69.7 cm³/mol. The number of ether oxygens (including phenoxy) is 1. The van der Waals surface area contributed by atoms with E-state index in [0.717, 1.165) is 44.9 Å². The number of anilines is 2. The van der Waals surface area contributed by atoms with Crippen molar-refractivity contribution in [3.05, 3.63) is 12.3 Å². The number of hydrogen-bond donors (Lipinski definition) is 2. The molecule has 0 aliphatic carbocycles. The van der Waals surface area contributed by atoms with E-state index in [1.54, 1.807) is 6.20 Å². The SMILES string of the molecule is NC1CN(c2ccnc(NC[C@H]3CCCO3)n2)C1. The van der Waals surface area contributed by atoms with Crippen LogP contribution in [0.2, 0.25) is 0 Å². The molecular formula is C12H19N5O. The van der Waals surface area contributed by atoms with Gasteiger partial charge in [-0.25, -0.2) is 4.98 Å². The van der Waals surface area contributed by atoms with Gasteiger partial charge in [0.1, 0.15) is 5.82 Å². The molecule has 98 valence electrons. The largest absolute Gasteiger partial charge is 0.376 e. The second kappa shape index (κ2) is 5.07. The Hall–Kier alpha value is -1.40. The van der Waals surface area contributed by atoms with Crippen molar-refractivity contribution in [3.63, 3.8) is 0 Å². The van der Waals surface area contributed by atoms with Crippen LogP contribution < -0.4 is 16.0 Å². The number of nitrogens with zero attached hydrogens (tertiary/aromatic N) is 3. The topological polar surface area (TPSA) is 76.3 Å². The van der Waals surface area contributed by atoms with Crippen LogP contribution in [0.25, 0.3) is 0 Å². The van der Waals surface area contributed by atoms with Gasteiger partial charge in [-0.15, -0.1) is 0 Å². The Balaban J connectivity index is 1.56.